The Kier molecular flexibility index (Phi) is 1.84. The number of benzene rings is 1. The summed E-state index contributed by atoms with van der Waals surface area (Å²) in [4.78, 5) is 10.8. The maximum Gasteiger partial charge on any atom is 0.396 e. The van der Waals surface area contributed by atoms with Gasteiger partial charge in [0.1, 0.15) is 11.4 Å². The van der Waals surface area contributed by atoms with Gasteiger partial charge in [-0.2, -0.15) is 5.10 Å². The molecule has 0 aliphatic rings. The Hall–Kier alpha value is -2.08. The number of rotatable bonds is 1. The second kappa shape index (κ2) is 3.21. The van der Waals surface area contributed by atoms with Crippen LogP contribution in [0.15, 0.2) is 33.5 Å². The van der Waals surface area contributed by atoms with Gasteiger partial charge in [0.25, 0.3) is 0 Å². The van der Waals surface area contributed by atoms with Crippen LogP contribution in [0.4, 0.5) is 5.82 Å². The predicted octanol–water partition coefficient (Wildman–Crippen LogP) is 1.83. The Balaban J connectivity index is 2.21. The fourth-order valence-electron chi connectivity index (χ4n) is 1.53. The number of hydrogen-bond donors (Lipinski definition) is 2. The van der Waals surface area contributed by atoms with Gasteiger partial charge in [-0.3, -0.25) is 5.10 Å². The lowest BCUT2D eigenvalue weighted by molar-refractivity contribution is 0.585. The summed E-state index contributed by atoms with van der Waals surface area (Å²) >= 11 is 1.08. The van der Waals surface area contributed by atoms with E-state index in [1.54, 1.807) is 12.1 Å². The molecule has 1 aromatic carbocycles. The predicted molar refractivity (Wildman–Crippen MR) is 62.4 cm³/mol. The van der Waals surface area contributed by atoms with Gasteiger partial charge in [-0.1, -0.05) is 11.3 Å². The van der Waals surface area contributed by atoms with Gasteiger partial charge in [0, 0.05) is 11.6 Å². The highest BCUT2D eigenvalue weighted by Gasteiger charge is 2.06. The van der Waals surface area contributed by atoms with E-state index >= 15 is 0 Å². The SMILES string of the molecule is Nc1cc(-c2ccc3oc(=O)sc3c2)[nH]n1. The number of nitrogens with one attached hydrogen (secondary N) is 1. The summed E-state index contributed by atoms with van der Waals surface area (Å²) in [6.45, 7) is 0. The first-order chi connectivity index (χ1) is 7.72. The van der Waals surface area contributed by atoms with Gasteiger partial charge in [0.2, 0.25) is 0 Å². The number of aromatic nitrogens is 2. The lowest BCUT2D eigenvalue weighted by Crippen LogP contribution is -1.81. The molecular weight excluding hydrogens is 226 g/mol. The van der Waals surface area contributed by atoms with Gasteiger partial charge in [0.05, 0.1) is 10.4 Å². The number of anilines is 1. The van der Waals surface area contributed by atoms with Crippen molar-refractivity contribution in [3.05, 3.63) is 34.0 Å². The van der Waals surface area contributed by atoms with Crippen LogP contribution in [0.3, 0.4) is 0 Å². The van der Waals surface area contributed by atoms with Crippen molar-refractivity contribution in [3.8, 4) is 11.3 Å². The highest BCUT2D eigenvalue weighted by Crippen LogP contribution is 2.25. The maximum atomic E-state index is 11.1. The molecule has 0 spiro atoms. The molecule has 0 saturated carbocycles. The lowest BCUT2D eigenvalue weighted by Gasteiger charge is -1.95. The van der Waals surface area contributed by atoms with Gasteiger partial charge in [-0.15, -0.1) is 0 Å². The Labute approximate surface area is 93.5 Å². The molecule has 0 saturated heterocycles. The molecule has 5 nitrogen and oxygen atoms in total. The summed E-state index contributed by atoms with van der Waals surface area (Å²) in [5.74, 6) is 0.440. The highest BCUT2D eigenvalue weighted by atomic mass is 32.1. The molecule has 0 amide bonds. The second-order valence-corrected chi connectivity index (χ2v) is 4.30. The van der Waals surface area contributed by atoms with Crippen LogP contribution in [0, 0.1) is 0 Å². The third-order valence-corrected chi connectivity index (χ3v) is 3.03. The Morgan fingerprint density at radius 3 is 3.00 bits per heavy atom. The summed E-state index contributed by atoms with van der Waals surface area (Å²) in [7, 11) is 0. The molecule has 6 heteroatoms. The highest BCUT2D eigenvalue weighted by molar-refractivity contribution is 7.16. The number of fused-ring (bicyclic) bond motifs is 1. The first-order valence-electron chi connectivity index (χ1n) is 4.57. The number of nitrogens with two attached hydrogens (primary N) is 1. The maximum absolute atomic E-state index is 11.1. The third-order valence-electron chi connectivity index (χ3n) is 2.24. The fraction of sp³-hybridized carbons (Fsp3) is 0. The van der Waals surface area contributed by atoms with Crippen LogP contribution in [0.2, 0.25) is 0 Å². The molecule has 80 valence electrons. The van der Waals surface area contributed by atoms with Crippen LogP contribution < -0.4 is 10.7 Å². The van der Waals surface area contributed by atoms with Gasteiger partial charge >= 0.3 is 4.94 Å². The largest absolute Gasteiger partial charge is 0.414 e. The first-order valence-corrected chi connectivity index (χ1v) is 5.39. The van der Waals surface area contributed by atoms with Crippen molar-refractivity contribution >= 4 is 27.4 Å². The van der Waals surface area contributed by atoms with Crippen LogP contribution in [0.1, 0.15) is 0 Å². The summed E-state index contributed by atoms with van der Waals surface area (Å²) < 4.78 is 5.79. The number of H-pyrrole nitrogens is 1. The Bertz CT molecular complexity index is 710. The molecule has 0 aliphatic heterocycles. The van der Waals surface area contributed by atoms with E-state index in [-0.39, 0.29) is 4.94 Å². The zero-order chi connectivity index (χ0) is 11.1. The molecule has 3 N–H and O–H groups in total. The van der Waals surface area contributed by atoms with Crippen molar-refractivity contribution in [1.29, 1.82) is 0 Å². The fourth-order valence-corrected chi connectivity index (χ4v) is 2.23. The van der Waals surface area contributed by atoms with E-state index < -0.39 is 0 Å². The molecule has 3 rings (SSSR count). The van der Waals surface area contributed by atoms with Crippen LogP contribution >= 0.6 is 11.3 Å². The van der Waals surface area contributed by atoms with Crippen LogP contribution in [-0.2, 0) is 0 Å². The standard InChI is InChI=1S/C10H7N3O2S/c11-9-4-6(12-13-9)5-1-2-7-8(3-5)16-10(14)15-7/h1-4H,(H3,11,12,13). The molecule has 0 aliphatic carbocycles. The lowest BCUT2D eigenvalue weighted by atomic mass is 10.1. The van der Waals surface area contributed by atoms with E-state index in [9.17, 15) is 4.79 Å². The average molecular weight is 233 g/mol. The molecule has 0 unspecified atom stereocenters. The minimum atomic E-state index is -0.295. The van der Waals surface area contributed by atoms with Crippen molar-refractivity contribution in [3.63, 3.8) is 0 Å². The first kappa shape index (κ1) is 9.17. The van der Waals surface area contributed by atoms with Crippen molar-refractivity contribution < 1.29 is 4.42 Å². The molecule has 16 heavy (non-hydrogen) atoms. The minimum Gasteiger partial charge on any atom is -0.414 e. The van der Waals surface area contributed by atoms with Crippen molar-refractivity contribution in [2.24, 2.45) is 0 Å². The van der Waals surface area contributed by atoms with Gasteiger partial charge in [-0.25, -0.2) is 4.79 Å². The van der Waals surface area contributed by atoms with E-state index in [0.29, 0.717) is 11.4 Å². The molecule has 0 radical (unpaired) electrons. The number of aromatic amines is 1. The number of hydrogen-bond acceptors (Lipinski definition) is 5. The van der Waals surface area contributed by atoms with Crippen molar-refractivity contribution in [2.75, 3.05) is 5.73 Å². The molecule has 0 fully saturated rings. The third kappa shape index (κ3) is 1.40. The van der Waals surface area contributed by atoms with Gasteiger partial charge in [0.15, 0.2) is 0 Å². The molecule has 3 aromatic rings. The quantitative estimate of drug-likeness (QED) is 0.671. The monoisotopic (exact) mass is 233 g/mol. The normalized spacial score (nSPS) is 11.0. The smallest absolute Gasteiger partial charge is 0.396 e. The second-order valence-electron chi connectivity index (χ2n) is 3.32. The Morgan fingerprint density at radius 2 is 2.25 bits per heavy atom. The average Bonchev–Trinajstić information content (AvgIpc) is 2.81. The van der Waals surface area contributed by atoms with Gasteiger partial charge < -0.3 is 10.2 Å². The van der Waals surface area contributed by atoms with E-state index in [0.717, 1.165) is 27.3 Å². The summed E-state index contributed by atoms with van der Waals surface area (Å²) in [5.41, 5.74) is 7.87. The molecule has 2 heterocycles. The Morgan fingerprint density at radius 1 is 1.38 bits per heavy atom. The summed E-state index contributed by atoms with van der Waals surface area (Å²) in [5, 5.41) is 6.66. The molecule has 0 atom stereocenters. The zero-order valence-corrected chi connectivity index (χ0v) is 8.88. The van der Waals surface area contributed by atoms with Crippen molar-refractivity contribution in [2.45, 2.75) is 0 Å². The van der Waals surface area contributed by atoms with Crippen molar-refractivity contribution in [1.82, 2.24) is 10.2 Å². The molecular formula is C10H7N3O2S. The summed E-state index contributed by atoms with van der Waals surface area (Å²) in [6, 6.07) is 7.23. The van der Waals surface area contributed by atoms with E-state index in [1.807, 2.05) is 12.1 Å². The van der Waals surface area contributed by atoms with Crippen LogP contribution in [-0.4, -0.2) is 10.2 Å². The van der Waals surface area contributed by atoms with Crippen LogP contribution in [0.5, 0.6) is 0 Å². The molecule has 0 bridgehead atoms. The van der Waals surface area contributed by atoms with E-state index in [4.69, 9.17) is 10.2 Å². The number of nitrogen functional groups attached to an aromatic ring is 1. The zero-order valence-electron chi connectivity index (χ0n) is 8.06. The van der Waals surface area contributed by atoms with E-state index in [2.05, 4.69) is 10.2 Å². The van der Waals surface area contributed by atoms with Crippen LogP contribution in [0.25, 0.3) is 21.5 Å². The minimum absolute atomic E-state index is 0.295. The van der Waals surface area contributed by atoms with E-state index in [1.165, 1.54) is 0 Å². The molecule has 2 aromatic heterocycles. The van der Waals surface area contributed by atoms with Gasteiger partial charge in [-0.05, 0) is 18.2 Å². The number of nitrogens with zero attached hydrogens (tertiary/aromatic N) is 1. The summed E-state index contributed by atoms with van der Waals surface area (Å²) in [6.07, 6.45) is 0. The topological polar surface area (TPSA) is 84.9 Å².